The highest BCUT2D eigenvalue weighted by atomic mass is 32.2. The van der Waals surface area contributed by atoms with Gasteiger partial charge in [0.2, 0.25) is 11.6 Å². The molecule has 0 amide bonds. The van der Waals surface area contributed by atoms with Gasteiger partial charge in [-0.25, -0.2) is 0 Å². The third kappa shape index (κ3) is 4.00. The van der Waals surface area contributed by atoms with Crippen molar-refractivity contribution in [1.29, 1.82) is 0 Å². The number of nitrogens with zero attached hydrogens (tertiary/aromatic N) is 3. The molecular formula is C16H12N4O5S2. The van der Waals surface area contributed by atoms with E-state index in [9.17, 15) is 18.3 Å². The van der Waals surface area contributed by atoms with Crippen molar-refractivity contribution in [1.82, 2.24) is 9.55 Å². The molecule has 0 radical (unpaired) electrons. The lowest BCUT2D eigenvalue weighted by molar-refractivity contribution is 0.435. The van der Waals surface area contributed by atoms with E-state index in [0.29, 0.717) is 5.69 Å². The third-order valence-electron chi connectivity index (χ3n) is 3.48. The highest BCUT2D eigenvalue weighted by Gasteiger charge is 2.14. The number of para-hydroxylation sites is 1. The molecule has 3 rings (SSSR count). The van der Waals surface area contributed by atoms with E-state index in [1.807, 2.05) is 0 Å². The number of aromatic hydroxyl groups is 1. The molecule has 11 heteroatoms. The maximum atomic E-state index is 12.1. The first-order valence-electron chi connectivity index (χ1n) is 7.40. The summed E-state index contributed by atoms with van der Waals surface area (Å²) in [6.07, 6.45) is 0. The van der Waals surface area contributed by atoms with Crippen molar-refractivity contribution in [3.63, 3.8) is 0 Å². The van der Waals surface area contributed by atoms with Crippen LogP contribution < -0.4 is 5.56 Å². The number of nitrogens with one attached hydrogen (secondary N) is 1. The molecule has 0 saturated carbocycles. The Balaban J connectivity index is 2.04. The van der Waals surface area contributed by atoms with Crippen molar-refractivity contribution < 1.29 is 18.1 Å². The van der Waals surface area contributed by atoms with Crippen LogP contribution in [0.5, 0.6) is 5.88 Å². The van der Waals surface area contributed by atoms with E-state index in [1.54, 1.807) is 30.3 Å². The van der Waals surface area contributed by atoms with Crippen molar-refractivity contribution in [3.05, 3.63) is 69.7 Å². The van der Waals surface area contributed by atoms with E-state index in [1.165, 1.54) is 16.7 Å². The summed E-state index contributed by atoms with van der Waals surface area (Å²) in [7, 11) is -4.32. The van der Waals surface area contributed by atoms with E-state index in [0.717, 1.165) is 12.1 Å². The topological polar surface area (TPSA) is 137 Å². The number of rotatable bonds is 4. The summed E-state index contributed by atoms with van der Waals surface area (Å²) in [6.45, 7) is 0. The molecule has 3 N–H and O–H groups in total. The van der Waals surface area contributed by atoms with Crippen LogP contribution in [0.15, 0.2) is 74.5 Å². The predicted octanol–water partition coefficient (Wildman–Crippen LogP) is 3.26. The first-order valence-corrected chi connectivity index (χ1v) is 9.25. The minimum atomic E-state index is -4.32. The van der Waals surface area contributed by atoms with Gasteiger partial charge in [0, 0.05) is 0 Å². The number of hydrogen-bond acceptors (Lipinski definition) is 7. The average molecular weight is 404 g/mol. The lowest BCUT2D eigenvalue weighted by Gasteiger charge is -2.10. The Hall–Kier alpha value is -3.15. The van der Waals surface area contributed by atoms with Crippen molar-refractivity contribution in [2.75, 3.05) is 0 Å². The van der Waals surface area contributed by atoms with E-state index < -0.39 is 21.6 Å². The normalized spacial score (nSPS) is 11.7. The summed E-state index contributed by atoms with van der Waals surface area (Å²) in [4.78, 5) is 14.2. The van der Waals surface area contributed by atoms with Crippen LogP contribution in [0, 0.1) is 4.77 Å². The van der Waals surface area contributed by atoms with Crippen molar-refractivity contribution in [2.45, 2.75) is 4.90 Å². The van der Waals surface area contributed by atoms with Gasteiger partial charge in [0.25, 0.3) is 15.7 Å². The molecule has 0 saturated heterocycles. The fourth-order valence-electron chi connectivity index (χ4n) is 2.22. The Kier molecular flexibility index (Phi) is 4.99. The van der Waals surface area contributed by atoms with Gasteiger partial charge in [-0.05, 0) is 48.6 Å². The van der Waals surface area contributed by atoms with Gasteiger partial charge in [0.15, 0.2) is 4.77 Å². The van der Waals surface area contributed by atoms with Crippen LogP contribution in [0.3, 0.4) is 0 Å². The van der Waals surface area contributed by atoms with Gasteiger partial charge in [0.1, 0.15) is 0 Å². The fraction of sp³-hybridized carbons (Fsp3) is 0. The highest BCUT2D eigenvalue weighted by Crippen LogP contribution is 2.27. The van der Waals surface area contributed by atoms with Gasteiger partial charge in [0.05, 0.1) is 16.3 Å². The van der Waals surface area contributed by atoms with E-state index in [-0.39, 0.29) is 21.0 Å². The molecule has 1 heterocycles. The summed E-state index contributed by atoms with van der Waals surface area (Å²) in [5.74, 6) is -0.492. The molecule has 3 aromatic rings. The SMILES string of the molecule is O=c1[nH]c(=S)n(-c2ccccc2)c(O)c1N=Nc1ccc(S(=O)(=O)O)cc1. The van der Waals surface area contributed by atoms with Gasteiger partial charge >= 0.3 is 0 Å². The third-order valence-corrected chi connectivity index (χ3v) is 4.63. The molecule has 138 valence electrons. The number of aromatic nitrogens is 2. The Labute approximate surface area is 158 Å². The largest absolute Gasteiger partial charge is 0.492 e. The fourth-order valence-corrected chi connectivity index (χ4v) is 2.98. The quantitative estimate of drug-likeness (QED) is 0.347. The molecule has 0 aliphatic rings. The Morgan fingerprint density at radius 2 is 1.63 bits per heavy atom. The molecule has 0 fully saturated rings. The molecule has 1 aromatic heterocycles. The summed E-state index contributed by atoms with van der Waals surface area (Å²) < 4.78 is 32.2. The van der Waals surface area contributed by atoms with Crippen LogP contribution >= 0.6 is 12.2 Å². The molecule has 0 spiro atoms. The summed E-state index contributed by atoms with van der Waals surface area (Å²) in [5.41, 5.74) is -0.380. The van der Waals surface area contributed by atoms with E-state index >= 15 is 0 Å². The van der Waals surface area contributed by atoms with E-state index in [2.05, 4.69) is 15.2 Å². The van der Waals surface area contributed by atoms with Crippen molar-refractivity contribution in [3.8, 4) is 11.6 Å². The molecule has 0 bridgehead atoms. The number of aromatic amines is 1. The van der Waals surface area contributed by atoms with Crippen LogP contribution in [0.1, 0.15) is 0 Å². The lowest BCUT2D eigenvalue weighted by atomic mass is 10.3. The van der Waals surface area contributed by atoms with Crippen LogP contribution in [-0.4, -0.2) is 27.6 Å². The van der Waals surface area contributed by atoms with Crippen molar-refractivity contribution in [2.24, 2.45) is 10.2 Å². The molecule has 2 aromatic carbocycles. The standard InChI is InChI=1S/C16H12N4O5S2/c21-14-13(19-18-10-6-8-12(9-7-10)27(23,24)25)15(22)20(16(26)17-14)11-4-2-1-3-5-11/h1-9,22H,(H,17,21,26)(H,23,24,25). The number of benzene rings is 2. The zero-order chi connectivity index (χ0) is 19.6. The van der Waals surface area contributed by atoms with Gasteiger partial charge in [-0.1, -0.05) is 18.2 Å². The average Bonchev–Trinajstić information content (AvgIpc) is 2.62. The summed E-state index contributed by atoms with van der Waals surface area (Å²) in [6, 6.07) is 13.4. The van der Waals surface area contributed by atoms with Gasteiger partial charge in [-0.3, -0.25) is 18.9 Å². The number of hydrogen-bond donors (Lipinski definition) is 3. The molecule has 0 atom stereocenters. The Morgan fingerprint density at radius 1 is 1.00 bits per heavy atom. The first kappa shape index (κ1) is 18.6. The maximum absolute atomic E-state index is 12.1. The number of azo groups is 1. The first-order chi connectivity index (χ1) is 12.8. The second kappa shape index (κ2) is 7.23. The molecular weight excluding hydrogens is 392 g/mol. The summed E-state index contributed by atoms with van der Waals surface area (Å²) >= 11 is 5.09. The van der Waals surface area contributed by atoms with Crippen molar-refractivity contribution >= 4 is 33.7 Å². The van der Waals surface area contributed by atoms with Crippen LogP contribution in [0.2, 0.25) is 0 Å². The monoisotopic (exact) mass is 404 g/mol. The predicted molar refractivity (Wildman–Crippen MR) is 99.3 cm³/mol. The second-order valence-electron chi connectivity index (χ2n) is 5.27. The smallest absolute Gasteiger partial charge is 0.294 e. The Bertz CT molecular complexity index is 1230. The molecule has 9 nitrogen and oxygen atoms in total. The minimum absolute atomic E-state index is 0.0137. The van der Waals surface area contributed by atoms with Crippen LogP contribution in [0.25, 0.3) is 5.69 Å². The van der Waals surface area contributed by atoms with Gasteiger partial charge < -0.3 is 5.11 Å². The second-order valence-corrected chi connectivity index (χ2v) is 7.08. The zero-order valence-corrected chi connectivity index (χ0v) is 15.1. The Morgan fingerprint density at radius 3 is 2.22 bits per heavy atom. The minimum Gasteiger partial charge on any atom is -0.492 e. The summed E-state index contributed by atoms with van der Waals surface area (Å²) in [5, 5.41) is 18.0. The maximum Gasteiger partial charge on any atom is 0.294 e. The van der Waals surface area contributed by atoms with Crippen LogP contribution in [0.4, 0.5) is 11.4 Å². The molecule has 0 unspecified atom stereocenters. The number of H-pyrrole nitrogens is 1. The van der Waals surface area contributed by atoms with Gasteiger partial charge in [-0.15, -0.1) is 5.11 Å². The van der Waals surface area contributed by atoms with Gasteiger partial charge in [-0.2, -0.15) is 13.5 Å². The molecule has 0 aliphatic heterocycles. The lowest BCUT2D eigenvalue weighted by Crippen LogP contribution is -2.12. The molecule has 0 aliphatic carbocycles. The molecule has 27 heavy (non-hydrogen) atoms. The zero-order valence-electron chi connectivity index (χ0n) is 13.5. The van der Waals surface area contributed by atoms with E-state index in [4.69, 9.17) is 16.8 Å². The highest BCUT2D eigenvalue weighted by molar-refractivity contribution is 7.85. The van der Waals surface area contributed by atoms with Crippen LogP contribution in [-0.2, 0) is 10.1 Å².